The van der Waals surface area contributed by atoms with E-state index in [1.165, 1.54) is 19.4 Å². The molecule has 7 nitrogen and oxygen atoms in total. The molecule has 0 radical (unpaired) electrons. The van der Waals surface area contributed by atoms with Crippen LogP contribution in [0, 0.1) is 6.92 Å². The van der Waals surface area contributed by atoms with Crippen molar-refractivity contribution in [1.29, 1.82) is 0 Å². The first-order valence-electron chi connectivity index (χ1n) is 10.9. The average molecular weight is 452 g/mol. The molecule has 0 saturated carbocycles. The SMILES string of the molecule is COc1cc(N2CCN3CCCC3C2)ccc1/C=C(\C=O)c1cn2cc(Cl)nc(C)c2n1. The predicted molar refractivity (Wildman–Crippen MR) is 126 cm³/mol. The first-order chi connectivity index (χ1) is 15.6. The van der Waals surface area contributed by atoms with E-state index < -0.39 is 0 Å². The highest BCUT2D eigenvalue weighted by Gasteiger charge is 2.30. The quantitative estimate of drug-likeness (QED) is 0.435. The normalized spacial score (nSPS) is 19.4. The number of allylic oxidation sites excluding steroid dienone is 1. The Hall–Kier alpha value is -2.90. The Morgan fingerprint density at radius 3 is 2.91 bits per heavy atom. The van der Waals surface area contributed by atoms with Crippen LogP contribution < -0.4 is 9.64 Å². The molecule has 2 aromatic heterocycles. The molecule has 5 rings (SSSR count). The maximum Gasteiger partial charge on any atom is 0.159 e. The van der Waals surface area contributed by atoms with Gasteiger partial charge in [-0.2, -0.15) is 0 Å². The molecule has 1 atom stereocenters. The highest BCUT2D eigenvalue weighted by Crippen LogP contribution is 2.31. The van der Waals surface area contributed by atoms with Crippen molar-refractivity contribution in [2.24, 2.45) is 0 Å². The number of aromatic nitrogens is 3. The number of aryl methyl sites for hydroxylation is 1. The summed E-state index contributed by atoms with van der Waals surface area (Å²) in [5, 5.41) is 0.381. The Morgan fingerprint density at radius 1 is 1.22 bits per heavy atom. The summed E-state index contributed by atoms with van der Waals surface area (Å²) in [5.41, 5.74) is 4.40. The van der Waals surface area contributed by atoms with E-state index in [9.17, 15) is 4.79 Å². The van der Waals surface area contributed by atoms with E-state index in [4.69, 9.17) is 16.3 Å². The summed E-state index contributed by atoms with van der Waals surface area (Å²) in [4.78, 5) is 25.8. The summed E-state index contributed by atoms with van der Waals surface area (Å²) in [6.07, 6.45) is 8.68. The van der Waals surface area contributed by atoms with Crippen molar-refractivity contribution in [3.63, 3.8) is 0 Å². The second-order valence-corrected chi connectivity index (χ2v) is 8.82. The summed E-state index contributed by atoms with van der Waals surface area (Å²) in [7, 11) is 1.66. The van der Waals surface area contributed by atoms with Crippen LogP contribution in [0.1, 0.15) is 29.8 Å². The minimum Gasteiger partial charge on any atom is -0.496 e. The van der Waals surface area contributed by atoms with E-state index in [0.29, 0.717) is 33.8 Å². The lowest BCUT2D eigenvalue weighted by Gasteiger charge is -2.39. The van der Waals surface area contributed by atoms with Crippen molar-refractivity contribution in [2.75, 3.05) is 38.2 Å². The van der Waals surface area contributed by atoms with Gasteiger partial charge in [0.05, 0.1) is 18.5 Å². The van der Waals surface area contributed by atoms with Gasteiger partial charge in [0.1, 0.15) is 10.9 Å². The lowest BCUT2D eigenvalue weighted by molar-refractivity contribution is -0.103. The Kier molecular flexibility index (Phi) is 5.61. The van der Waals surface area contributed by atoms with E-state index in [2.05, 4.69) is 31.9 Å². The molecule has 166 valence electrons. The number of hydrogen-bond acceptors (Lipinski definition) is 6. The molecular weight excluding hydrogens is 426 g/mol. The number of fused-ring (bicyclic) bond motifs is 2. The van der Waals surface area contributed by atoms with E-state index in [-0.39, 0.29) is 0 Å². The molecule has 3 aromatic rings. The first kappa shape index (κ1) is 21.0. The number of benzene rings is 1. The van der Waals surface area contributed by atoms with Gasteiger partial charge in [0.15, 0.2) is 11.9 Å². The number of methoxy groups -OCH3 is 1. The lowest BCUT2D eigenvalue weighted by atomic mass is 10.1. The molecule has 1 aromatic carbocycles. The number of piperazine rings is 1. The molecule has 1 unspecified atom stereocenters. The van der Waals surface area contributed by atoms with Gasteiger partial charge < -0.3 is 14.0 Å². The molecule has 8 heteroatoms. The molecule has 2 saturated heterocycles. The van der Waals surface area contributed by atoms with Crippen LogP contribution in [0.2, 0.25) is 5.15 Å². The molecule has 2 aliphatic rings. The molecule has 4 heterocycles. The van der Waals surface area contributed by atoms with Crippen molar-refractivity contribution in [2.45, 2.75) is 25.8 Å². The van der Waals surface area contributed by atoms with Crippen molar-refractivity contribution in [1.82, 2.24) is 19.3 Å². The highest BCUT2D eigenvalue weighted by molar-refractivity contribution is 6.29. The Balaban J connectivity index is 1.45. The van der Waals surface area contributed by atoms with Crippen LogP contribution in [-0.2, 0) is 4.79 Å². The number of anilines is 1. The number of halogens is 1. The number of rotatable bonds is 5. The molecular formula is C24H26ClN5O2. The molecule has 0 aliphatic carbocycles. The van der Waals surface area contributed by atoms with Crippen molar-refractivity contribution in [3.05, 3.63) is 52.7 Å². The van der Waals surface area contributed by atoms with Gasteiger partial charge >= 0.3 is 0 Å². The van der Waals surface area contributed by atoms with Crippen LogP contribution in [-0.4, -0.2) is 64.9 Å². The summed E-state index contributed by atoms with van der Waals surface area (Å²) in [6.45, 7) is 6.25. The monoisotopic (exact) mass is 451 g/mol. The standard InChI is InChI=1S/C24H26ClN5O2/c1-16-24-27-21(13-30(24)14-23(25)26-16)18(15-31)10-17-5-6-19(11-22(17)32-2)29-9-8-28-7-3-4-20(28)12-29/h5-6,10-11,13-15,20H,3-4,7-9,12H2,1-2H3/b18-10+. The van der Waals surface area contributed by atoms with E-state index >= 15 is 0 Å². The number of carbonyl (C=O) groups excluding carboxylic acids is 1. The molecule has 0 amide bonds. The molecule has 32 heavy (non-hydrogen) atoms. The van der Waals surface area contributed by atoms with E-state index in [0.717, 1.165) is 42.9 Å². The second kappa shape index (κ2) is 8.56. The summed E-state index contributed by atoms with van der Waals surface area (Å²) in [6, 6.07) is 6.84. The van der Waals surface area contributed by atoms with Crippen LogP contribution in [0.4, 0.5) is 5.69 Å². The number of nitrogens with zero attached hydrogens (tertiary/aromatic N) is 5. The Morgan fingerprint density at radius 2 is 2.09 bits per heavy atom. The number of imidazole rings is 1. The third-order valence-corrected chi connectivity index (χ3v) is 6.66. The molecule has 0 N–H and O–H groups in total. The fourth-order valence-electron chi connectivity index (χ4n) is 4.83. The van der Waals surface area contributed by atoms with Crippen LogP contribution in [0.15, 0.2) is 30.6 Å². The summed E-state index contributed by atoms with van der Waals surface area (Å²) >= 11 is 6.06. The van der Waals surface area contributed by atoms with Crippen molar-refractivity contribution < 1.29 is 9.53 Å². The number of ether oxygens (including phenoxy) is 1. The Labute approximate surface area is 192 Å². The smallest absolute Gasteiger partial charge is 0.159 e. The second-order valence-electron chi connectivity index (χ2n) is 8.43. The summed E-state index contributed by atoms with van der Waals surface area (Å²) in [5.74, 6) is 0.736. The maximum absolute atomic E-state index is 11.9. The molecule has 2 fully saturated rings. The van der Waals surface area contributed by atoms with Gasteiger partial charge in [-0.15, -0.1) is 0 Å². The third kappa shape index (κ3) is 3.87. The van der Waals surface area contributed by atoms with Gasteiger partial charge in [0.25, 0.3) is 0 Å². The lowest BCUT2D eigenvalue weighted by Crippen LogP contribution is -2.50. The first-order valence-corrected chi connectivity index (χ1v) is 11.3. The number of aldehydes is 1. The van der Waals surface area contributed by atoms with Crippen molar-refractivity contribution in [3.8, 4) is 5.75 Å². The van der Waals surface area contributed by atoms with Crippen LogP contribution in [0.5, 0.6) is 5.75 Å². The van der Waals surface area contributed by atoms with Crippen molar-refractivity contribution >= 4 is 40.9 Å². The van der Waals surface area contributed by atoms with Gasteiger partial charge in [-0.25, -0.2) is 9.97 Å². The average Bonchev–Trinajstić information content (AvgIpc) is 3.44. The zero-order valence-corrected chi connectivity index (χ0v) is 19.0. The molecule has 2 aliphatic heterocycles. The zero-order valence-electron chi connectivity index (χ0n) is 18.3. The third-order valence-electron chi connectivity index (χ3n) is 6.48. The summed E-state index contributed by atoms with van der Waals surface area (Å²) < 4.78 is 7.48. The fraction of sp³-hybridized carbons (Fsp3) is 0.375. The van der Waals surface area contributed by atoms with Gasteiger partial charge in [-0.3, -0.25) is 9.69 Å². The van der Waals surface area contributed by atoms with E-state index in [1.807, 2.05) is 19.1 Å². The van der Waals surface area contributed by atoms with Gasteiger partial charge in [-0.05, 0) is 44.5 Å². The predicted octanol–water partition coefficient (Wildman–Crippen LogP) is 3.72. The minimum absolute atomic E-state index is 0.381. The topological polar surface area (TPSA) is 63.0 Å². The van der Waals surface area contributed by atoms with Gasteiger partial charge in [0, 0.05) is 61.0 Å². The van der Waals surface area contributed by atoms with Gasteiger partial charge in [0.2, 0.25) is 0 Å². The highest BCUT2D eigenvalue weighted by atomic mass is 35.5. The van der Waals surface area contributed by atoms with Crippen LogP contribution in [0.25, 0.3) is 17.3 Å². The largest absolute Gasteiger partial charge is 0.496 e. The molecule has 0 bridgehead atoms. The van der Waals surface area contributed by atoms with E-state index in [1.54, 1.807) is 23.9 Å². The Bertz CT molecular complexity index is 1200. The fourth-order valence-corrected chi connectivity index (χ4v) is 5.06. The molecule has 0 spiro atoms. The maximum atomic E-state index is 11.9. The van der Waals surface area contributed by atoms with Gasteiger partial charge in [-0.1, -0.05) is 11.6 Å². The number of hydrogen-bond donors (Lipinski definition) is 0. The minimum atomic E-state index is 0.381. The number of carbonyl (C=O) groups is 1. The van der Waals surface area contributed by atoms with Crippen LogP contribution >= 0.6 is 11.6 Å². The zero-order chi connectivity index (χ0) is 22.2. The van der Waals surface area contributed by atoms with Crippen LogP contribution in [0.3, 0.4) is 0 Å².